The Morgan fingerprint density at radius 3 is 2.00 bits per heavy atom. The van der Waals surface area contributed by atoms with Gasteiger partial charge in [0.25, 0.3) is 0 Å². The van der Waals surface area contributed by atoms with Crippen molar-refractivity contribution in [3.63, 3.8) is 0 Å². The maximum atomic E-state index is 9.16. The standard InChI is InChI=1S/C13H25BO3/c1-11(2,10-15)8-7-9-14-16-12(3,4)13(5,6)17-14/h7,9,15H,8,10H2,1-6H3. The van der Waals surface area contributed by atoms with E-state index in [-0.39, 0.29) is 30.3 Å². The van der Waals surface area contributed by atoms with Gasteiger partial charge in [0, 0.05) is 6.61 Å². The Morgan fingerprint density at radius 2 is 1.59 bits per heavy atom. The van der Waals surface area contributed by atoms with Gasteiger partial charge in [-0.25, -0.2) is 0 Å². The zero-order chi connectivity index (χ0) is 13.3. The second kappa shape index (κ2) is 4.75. The molecule has 1 heterocycles. The summed E-state index contributed by atoms with van der Waals surface area (Å²) in [6.45, 7) is 12.4. The van der Waals surface area contributed by atoms with Crippen molar-refractivity contribution in [2.24, 2.45) is 5.41 Å². The SMILES string of the molecule is CC(C)(CO)CC=CB1OC(C)(C)C(C)(C)O1. The molecule has 4 heteroatoms. The van der Waals surface area contributed by atoms with E-state index in [0.717, 1.165) is 6.42 Å². The topological polar surface area (TPSA) is 38.7 Å². The van der Waals surface area contributed by atoms with E-state index >= 15 is 0 Å². The Morgan fingerprint density at radius 1 is 1.12 bits per heavy atom. The van der Waals surface area contributed by atoms with E-state index in [4.69, 9.17) is 14.4 Å². The van der Waals surface area contributed by atoms with Gasteiger partial charge in [-0.2, -0.15) is 0 Å². The van der Waals surface area contributed by atoms with E-state index in [9.17, 15) is 0 Å². The first-order valence-corrected chi connectivity index (χ1v) is 6.23. The van der Waals surface area contributed by atoms with E-state index < -0.39 is 0 Å². The molecule has 0 aromatic carbocycles. The summed E-state index contributed by atoms with van der Waals surface area (Å²) in [6.07, 6.45) is 2.84. The number of aliphatic hydroxyl groups is 1. The predicted octanol–water partition coefficient (Wildman–Crippen LogP) is 2.58. The van der Waals surface area contributed by atoms with Crippen molar-refractivity contribution in [2.75, 3.05) is 6.61 Å². The third-order valence-corrected chi connectivity index (χ3v) is 3.66. The molecule has 0 atom stereocenters. The molecule has 1 N–H and O–H groups in total. The number of aliphatic hydroxyl groups excluding tert-OH is 1. The molecule has 17 heavy (non-hydrogen) atoms. The molecule has 1 rings (SSSR count). The normalized spacial score (nSPS) is 23.6. The second-order valence-corrected chi connectivity index (χ2v) is 6.58. The van der Waals surface area contributed by atoms with Gasteiger partial charge >= 0.3 is 7.12 Å². The Labute approximate surface area is 105 Å². The Bertz CT molecular complexity index is 279. The van der Waals surface area contributed by atoms with Crippen molar-refractivity contribution in [1.29, 1.82) is 0 Å². The molecule has 3 nitrogen and oxygen atoms in total. The summed E-state index contributed by atoms with van der Waals surface area (Å²) in [5.74, 6) is 1.94. The molecule has 0 spiro atoms. The highest BCUT2D eigenvalue weighted by Gasteiger charge is 2.49. The average Bonchev–Trinajstić information content (AvgIpc) is 2.35. The number of rotatable bonds is 4. The molecule has 0 aromatic rings. The van der Waals surface area contributed by atoms with E-state index in [2.05, 4.69) is 0 Å². The van der Waals surface area contributed by atoms with Crippen LogP contribution in [-0.2, 0) is 9.31 Å². The first-order chi connectivity index (χ1) is 7.60. The van der Waals surface area contributed by atoms with Gasteiger partial charge in [0.1, 0.15) is 0 Å². The summed E-state index contributed by atoms with van der Waals surface area (Å²) in [5, 5.41) is 9.16. The minimum Gasteiger partial charge on any atom is -0.400 e. The van der Waals surface area contributed by atoms with Crippen LogP contribution in [0.25, 0.3) is 0 Å². The van der Waals surface area contributed by atoms with Gasteiger partial charge in [-0.1, -0.05) is 25.9 Å². The molecule has 0 aromatic heterocycles. The molecular weight excluding hydrogens is 215 g/mol. The first-order valence-electron chi connectivity index (χ1n) is 6.23. The van der Waals surface area contributed by atoms with Crippen LogP contribution >= 0.6 is 0 Å². The second-order valence-electron chi connectivity index (χ2n) is 6.58. The van der Waals surface area contributed by atoms with Crippen molar-refractivity contribution in [1.82, 2.24) is 0 Å². The quantitative estimate of drug-likeness (QED) is 0.767. The molecule has 1 aliphatic rings. The van der Waals surface area contributed by atoms with E-state index in [0.29, 0.717) is 0 Å². The van der Waals surface area contributed by atoms with Gasteiger partial charge in [-0.15, -0.1) is 0 Å². The first kappa shape index (κ1) is 14.7. The predicted molar refractivity (Wildman–Crippen MR) is 70.7 cm³/mol. The fraction of sp³-hybridized carbons (Fsp3) is 0.846. The Balaban J connectivity index is 2.54. The lowest BCUT2D eigenvalue weighted by Crippen LogP contribution is -2.41. The van der Waals surface area contributed by atoms with Crippen molar-refractivity contribution in [3.05, 3.63) is 12.1 Å². The van der Waals surface area contributed by atoms with E-state index in [1.807, 2.05) is 53.6 Å². The lowest BCUT2D eigenvalue weighted by Gasteiger charge is -2.32. The lowest BCUT2D eigenvalue weighted by molar-refractivity contribution is 0.00578. The van der Waals surface area contributed by atoms with Crippen molar-refractivity contribution >= 4 is 7.12 Å². The smallest absolute Gasteiger partial charge is 0.400 e. The molecular formula is C13H25BO3. The molecule has 0 saturated carbocycles. The molecule has 1 saturated heterocycles. The fourth-order valence-electron chi connectivity index (χ4n) is 1.53. The largest absolute Gasteiger partial charge is 0.486 e. The van der Waals surface area contributed by atoms with Gasteiger partial charge in [0.05, 0.1) is 11.2 Å². The molecule has 0 radical (unpaired) electrons. The maximum absolute atomic E-state index is 9.16. The van der Waals surface area contributed by atoms with Crippen LogP contribution in [0.4, 0.5) is 0 Å². The molecule has 0 bridgehead atoms. The van der Waals surface area contributed by atoms with Gasteiger partial charge in [-0.3, -0.25) is 0 Å². The van der Waals surface area contributed by atoms with Gasteiger partial charge < -0.3 is 14.4 Å². The van der Waals surface area contributed by atoms with Crippen LogP contribution in [0.15, 0.2) is 12.1 Å². The van der Waals surface area contributed by atoms with Crippen LogP contribution in [-0.4, -0.2) is 30.0 Å². The third-order valence-electron chi connectivity index (χ3n) is 3.66. The lowest BCUT2D eigenvalue weighted by atomic mass is 9.85. The third kappa shape index (κ3) is 3.57. The van der Waals surface area contributed by atoms with Gasteiger partial charge in [0.2, 0.25) is 0 Å². The minimum absolute atomic E-state index is 0.0832. The van der Waals surface area contributed by atoms with Crippen molar-refractivity contribution in [2.45, 2.75) is 59.2 Å². The highest BCUT2D eigenvalue weighted by Crippen LogP contribution is 2.37. The van der Waals surface area contributed by atoms with Crippen LogP contribution in [0, 0.1) is 5.41 Å². The zero-order valence-electron chi connectivity index (χ0n) is 11.9. The summed E-state index contributed by atoms with van der Waals surface area (Å²) in [6, 6.07) is 0. The van der Waals surface area contributed by atoms with Crippen LogP contribution in [0.5, 0.6) is 0 Å². The molecule has 0 amide bonds. The molecule has 0 aliphatic carbocycles. The molecule has 1 fully saturated rings. The summed E-state index contributed by atoms with van der Waals surface area (Å²) in [5.41, 5.74) is -0.650. The van der Waals surface area contributed by atoms with E-state index in [1.54, 1.807) is 0 Å². The summed E-state index contributed by atoms with van der Waals surface area (Å²) in [4.78, 5) is 0. The summed E-state index contributed by atoms with van der Waals surface area (Å²) in [7, 11) is -0.283. The summed E-state index contributed by atoms with van der Waals surface area (Å²) < 4.78 is 11.7. The fourth-order valence-corrected chi connectivity index (χ4v) is 1.53. The van der Waals surface area contributed by atoms with Crippen molar-refractivity contribution in [3.8, 4) is 0 Å². The number of hydrogen-bond donors (Lipinski definition) is 1. The Kier molecular flexibility index (Phi) is 4.12. The number of hydrogen-bond acceptors (Lipinski definition) is 3. The summed E-state index contributed by atoms with van der Waals surface area (Å²) >= 11 is 0. The van der Waals surface area contributed by atoms with Crippen molar-refractivity contribution < 1.29 is 14.4 Å². The number of allylic oxidation sites excluding steroid dienone is 1. The van der Waals surface area contributed by atoms with Crippen LogP contribution < -0.4 is 0 Å². The van der Waals surface area contributed by atoms with Crippen LogP contribution in [0.2, 0.25) is 0 Å². The zero-order valence-corrected chi connectivity index (χ0v) is 11.9. The maximum Gasteiger partial charge on any atom is 0.486 e. The highest BCUT2D eigenvalue weighted by atomic mass is 16.7. The van der Waals surface area contributed by atoms with E-state index in [1.165, 1.54) is 0 Å². The molecule has 1 aliphatic heterocycles. The van der Waals surface area contributed by atoms with Gasteiger partial charge in [-0.05, 0) is 39.5 Å². The minimum atomic E-state index is -0.283. The molecule has 98 valence electrons. The Hall–Kier alpha value is -0.315. The highest BCUT2D eigenvalue weighted by molar-refractivity contribution is 6.51. The van der Waals surface area contributed by atoms with Gasteiger partial charge in [0.15, 0.2) is 0 Å². The van der Waals surface area contributed by atoms with Crippen LogP contribution in [0.1, 0.15) is 48.0 Å². The van der Waals surface area contributed by atoms with Crippen LogP contribution in [0.3, 0.4) is 0 Å². The monoisotopic (exact) mass is 240 g/mol. The molecule has 0 unspecified atom stereocenters. The average molecular weight is 240 g/mol.